The van der Waals surface area contributed by atoms with Crippen molar-refractivity contribution in [3.05, 3.63) is 29.3 Å². The highest BCUT2D eigenvalue weighted by Crippen LogP contribution is 2.66. The maximum Gasteiger partial charge on any atom is 0.295 e. The smallest absolute Gasteiger partial charge is 0.295 e. The van der Waals surface area contributed by atoms with Crippen molar-refractivity contribution in [1.82, 2.24) is 0 Å². The van der Waals surface area contributed by atoms with E-state index in [9.17, 15) is 0 Å². The molecular weight excluding hydrogens is 328 g/mol. The van der Waals surface area contributed by atoms with Gasteiger partial charge in [-0.25, -0.2) is 0 Å². The SMILES string of the molecule is C[OH+]COc1ccc2c(c1)CCC1C2CC[C@@]2(C)C1CCC21OCCO1. The van der Waals surface area contributed by atoms with Gasteiger partial charge in [0.25, 0.3) is 6.79 Å². The van der Waals surface area contributed by atoms with Crippen molar-refractivity contribution in [2.24, 2.45) is 17.3 Å². The second-order valence-corrected chi connectivity index (χ2v) is 8.81. The van der Waals surface area contributed by atoms with E-state index in [1.807, 2.05) is 0 Å². The molecule has 4 aliphatic rings. The van der Waals surface area contributed by atoms with Gasteiger partial charge in [-0.05, 0) is 73.1 Å². The molecule has 4 nitrogen and oxygen atoms in total. The summed E-state index contributed by atoms with van der Waals surface area (Å²) < 4.78 is 22.2. The third kappa shape index (κ3) is 2.31. The van der Waals surface area contributed by atoms with Crippen molar-refractivity contribution < 1.29 is 18.9 Å². The van der Waals surface area contributed by atoms with Gasteiger partial charge in [-0.2, -0.15) is 0 Å². The summed E-state index contributed by atoms with van der Waals surface area (Å²) in [6.45, 7) is 4.43. The molecule has 3 unspecified atom stereocenters. The summed E-state index contributed by atoms with van der Waals surface area (Å²) in [7, 11) is 1.79. The summed E-state index contributed by atoms with van der Waals surface area (Å²) in [5.41, 5.74) is 3.25. The number of rotatable bonds is 3. The second-order valence-electron chi connectivity index (χ2n) is 8.81. The molecule has 26 heavy (non-hydrogen) atoms. The third-order valence-corrected chi connectivity index (χ3v) is 7.86. The summed E-state index contributed by atoms with van der Waals surface area (Å²) in [5, 5.41) is 0. The van der Waals surface area contributed by atoms with E-state index in [0.717, 1.165) is 43.6 Å². The first kappa shape index (κ1) is 17.0. The van der Waals surface area contributed by atoms with E-state index in [1.165, 1.54) is 31.2 Å². The second kappa shape index (κ2) is 6.22. The summed E-state index contributed by atoms with van der Waals surface area (Å²) in [5.74, 6) is 2.86. The van der Waals surface area contributed by atoms with Crippen molar-refractivity contribution in [3.63, 3.8) is 0 Å². The van der Waals surface area contributed by atoms with E-state index in [1.54, 1.807) is 12.7 Å². The van der Waals surface area contributed by atoms with Crippen molar-refractivity contribution in [3.8, 4) is 5.75 Å². The molecule has 142 valence electrons. The zero-order chi connectivity index (χ0) is 17.8. The Balaban J connectivity index is 1.42. The van der Waals surface area contributed by atoms with Crippen molar-refractivity contribution in [2.75, 3.05) is 27.1 Å². The topological polar surface area (TPSA) is 40.5 Å². The van der Waals surface area contributed by atoms with Crippen LogP contribution in [0.15, 0.2) is 18.2 Å². The van der Waals surface area contributed by atoms with Crippen LogP contribution in [0.25, 0.3) is 0 Å². The molecule has 3 aliphatic carbocycles. The number of aryl methyl sites for hydroxylation is 1. The Kier molecular flexibility index (Phi) is 4.07. The first-order chi connectivity index (χ1) is 12.7. The van der Waals surface area contributed by atoms with E-state index in [2.05, 4.69) is 29.9 Å². The Morgan fingerprint density at radius 3 is 2.81 bits per heavy atom. The lowest BCUT2D eigenvalue weighted by atomic mass is 9.55. The number of benzene rings is 1. The zero-order valence-electron chi connectivity index (χ0n) is 16.0. The highest BCUT2D eigenvalue weighted by Gasteiger charge is 2.64. The van der Waals surface area contributed by atoms with Gasteiger partial charge in [0.15, 0.2) is 5.79 Å². The van der Waals surface area contributed by atoms with Gasteiger partial charge < -0.3 is 18.9 Å². The van der Waals surface area contributed by atoms with Crippen LogP contribution in [0.4, 0.5) is 0 Å². The Labute approximate surface area is 156 Å². The highest BCUT2D eigenvalue weighted by molar-refractivity contribution is 5.40. The lowest BCUT2D eigenvalue weighted by Crippen LogP contribution is -2.51. The van der Waals surface area contributed by atoms with Gasteiger partial charge in [0.2, 0.25) is 0 Å². The lowest BCUT2D eigenvalue weighted by molar-refractivity contribution is -0.237. The summed E-state index contributed by atoms with van der Waals surface area (Å²) in [6, 6.07) is 6.72. The fraction of sp³-hybridized carbons (Fsp3) is 0.727. The lowest BCUT2D eigenvalue weighted by Gasteiger charge is -2.52. The van der Waals surface area contributed by atoms with Crippen LogP contribution in [-0.2, 0) is 15.9 Å². The third-order valence-electron chi connectivity index (χ3n) is 7.86. The predicted octanol–water partition coefficient (Wildman–Crippen LogP) is 3.78. The first-order valence-corrected chi connectivity index (χ1v) is 10.3. The number of hydrogen-bond donors (Lipinski definition) is 0. The standard InChI is InChI=1S/C22H30O4/c1-21-9-7-18-17-6-4-16(24-14-23-2)13-15(17)3-5-19(18)20(21)8-10-22(21)25-11-12-26-22/h4,6,13,18-20H,3,5,7-12,14H2,1-2H3/p+1/t18?,19?,20?,21-/m0/s1. The van der Waals surface area contributed by atoms with E-state index in [-0.39, 0.29) is 11.2 Å². The fourth-order valence-electron chi connectivity index (χ4n) is 6.67. The molecule has 3 fully saturated rings. The van der Waals surface area contributed by atoms with E-state index in [4.69, 9.17) is 14.2 Å². The van der Waals surface area contributed by atoms with E-state index in [0.29, 0.717) is 12.7 Å². The van der Waals surface area contributed by atoms with Crippen molar-refractivity contribution in [2.45, 2.75) is 57.2 Å². The quantitative estimate of drug-likeness (QED) is 0.609. The molecular formula is C22H31O4+. The molecule has 5 rings (SSSR count). The summed E-state index contributed by atoms with van der Waals surface area (Å²) in [6.07, 6.45) is 7.26. The van der Waals surface area contributed by atoms with Crippen LogP contribution in [0.3, 0.4) is 0 Å². The maximum atomic E-state index is 6.23. The largest absolute Gasteiger partial charge is 0.428 e. The van der Waals surface area contributed by atoms with E-state index >= 15 is 0 Å². The van der Waals surface area contributed by atoms with E-state index < -0.39 is 0 Å². The van der Waals surface area contributed by atoms with Crippen LogP contribution in [0.1, 0.15) is 56.1 Å². The molecule has 1 aliphatic heterocycles. The number of fused-ring (bicyclic) bond motifs is 6. The average molecular weight is 359 g/mol. The molecule has 4 heteroatoms. The van der Waals surface area contributed by atoms with Gasteiger partial charge in [-0.3, -0.25) is 0 Å². The Morgan fingerprint density at radius 1 is 1.15 bits per heavy atom. The van der Waals surface area contributed by atoms with Crippen LogP contribution < -0.4 is 4.74 Å². The predicted molar refractivity (Wildman–Crippen MR) is 99.3 cm³/mol. The van der Waals surface area contributed by atoms with Gasteiger partial charge in [0.1, 0.15) is 12.9 Å². The molecule has 4 atom stereocenters. The Morgan fingerprint density at radius 2 is 2.00 bits per heavy atom. The molecule has 0 amide bonds. The molecule has 2 saturated carbocycles. The van der Waals surface area contributed by atoms with Crippen molar-refractivity contribution >= 4 is 0 Å². The van der Waals surface area contributed by atoms with Crippen LogP contribution in [0.5, 0.6) is 5.75 Å². The van der Waals surface area contributed by atoms with Crippen LogP contribution in [-0.4, -0.2) is 37.6 Å². The Hall–Kier alpha value is -1.10. The number of aliphatic hydroxyl groups is 2. The minimum absolute atomic E-state index is 0.188. The summed E-state index contributed by atoms with van der Waals surface area (Å²) >= 11 is 0. The molecule has 1 spiro atoms. The first-order valence-electron chi connectivity index (χ1n) is 10.3. The molecule has 1 N–H and O–H groups in total. The highest BCUT2D eigenvalue weighted by atomic mass is 16.7. The zero-order valence-corrected chi connectivity index (χ0v) is 16.0. The number of hydrogen-bond acceptors (Lipinski definition) is 3. The minimum atomic E-state index is -0.287. The molecule has 1 aromatic carbocycles. The molecule has 1 saturated heterocycles. The molecule has 1 heterocycles. The van der Waals surface area contributed by atoms with Crippen LogP contribution >= 0.6 is 0 Å². The monoisotopic (exact) mass is 359 g/mol. The number of ether oxygens (including phenoxy) is 4. The van der Waals surface area contributed by atoms with Crippen LogP contribution in [0, 0.1) is 17.3 Å². The fourth-order valence-corrected chi connectivity index (χ4v) is 6.67. The minimum Gasteiger partial charge on any atom is -0.428 e. The molecule has 0 bridgehead atoms. The van der Waals surface area contributed by atoms with Gasteiger partial charge in [0, 0.05) is 11.8 Å². The molecule has 0 aromatic heterocycles. The normalized spacial score (nSPS) is 37.2. The average Bonchev–Trinajstić information content (AvgIpc) is 3.26. The van der Waals surface area contributed by atoms with Gasteiger partial charge in [-0.15, -0.1) is 0 Å². The summed E-state index contributed by atoms with van der Waals surface area (Å²) in [4.78, 5) is 0. The molecule has 0 radical (unpaired) electrons. The molecule has 1 aromatic rings. The van der Waals surface area contributed by atoms with Gasteiger partial charge in [-0.1, -0.05) is 13.0 Å². The van der Waals surface area contributed by atoms with Crippen LogP contribution in [0.2, 0.25) is 0 Å². The Bertz CT molecular complexity index is 681. The van der Waals surface area contributed by atoms with Crippen molar-refractivity contribution in [1.29, 1.82) is 0 Å². The maximum absolute atomic E-state index is 6.23. The van der Waals surface area contributed by atoms with Gasteiger partial charge in [0.05, 0.1) is 13.2 Å². The van der Waals surface area contributed by atoms with Gasteiger partial charge >= 0.3 is 0 Å².